The Morgan fingerprint density at radius 2 is 1.83 bits per heavy atom. The Bertz CT molecular complexity index is 1680. The quantitative estimate of drug-likeness (QED) is 0.148. The van der Waals surface area contributed by atoms with Gasteiger partial charge in [-0.25, -0.2) is 4.98 Å². The van der Waals surface area contributed by atoms with Crippen molar-refractivity contribution >= 4 is 44.1 Å². The summed E-state index contributed by atoms with van der Waals surface area (Å²) in [6.45, 7) is 7.03. The average Bonchev–Trinajstić information content (AvgIpc) is 3.64. The second-order valence-corrected chi connectivity index (χ2v) is 11.1. The van der Waals surface area contributed by atoms with Gasteiger partial charge in [-0.1, -0.05) is 30.4 Å². The van der Waals surface area contributed by atoms with Gasteiger partial charge in [-0.15, -0.1) is 0 Å². The number of hydrogen-bond acceptors (Lipinski definition) is 8. The minimum absolute atomic E-state index is 0.0124. The molecular weight excluding hydrogens is 540 g/mol. The number of benzene rings is 3. The molecule has 0 bridgehead atoms. The normalized spacial score (nSPS) is 19.4. The number of hydrogen-bond donors (Lipinski definition) is 1. The third-order valence-electron chi connectivity index (χ3n) is 7.15. The monoisotopic (exact) mass is 570 g/mol. The lowest BCUT2D eigenvalue weighted by molar-refractivity contribution is -0.132. The molecule has 0 spiro atoms. The van der Waals surface area contributed by atoms with Gasteiger partial charge in [0.2, 0.25) is 0 Å². The molecule has 4 aromatic rings. The largest absolute Gasteiger partial charge is 0.507 e. The van der Waals surface area contributed by atoms with Crippen LogP contribution in [0, 0.1) is 0 Å². The zero-order chi connectivity index (χ0) is 28.7. The zero-order valence-electron chi connectivity index (χ0n) is 23.0. The number of aliphatic hydroxyl groups is 1. The van der Waals surface area contributed by atoms with Crippen molar-refractivity contribution in [1.29, 1.82) is 0 Å². The van der Waals surface area contributed by atoms with Crippen molar-refractivity contribution in [2.45, 2.75) is 45.8 Å². The van der Waals surface area contributed by atoms with Crippen LogP contribution in [-0.2, 0) is 16.0 Å². The summed E-state index contributed by atoms with van der Waals surface area (Å²) in [5.41, 5.74) is 2.75. The lowest BCUT2D eigenvalue weighted by Gasteiger charge is -2.23. The van der Waals surface area contributed by atoms with E-state index in [9.17, 15) is 14.7 Å². The lowest BCUT2D eigenvalue weighted by Crippen LogP contribution is -2.29. The summed E-state index contributed by atoms with van der Waals surface area (Å²) in [4.78, 5) is 33.4. The van der Waals surface area contributed by atoms with E-state index in [1.54, 1.807) is 12.1 Å². The Morgan fingerprint density at radius 1 is 1.05 bits per heavy atom. The molecule has 1 N–H and O–H groups in total. The number of carbonyl (C=O) groups excluding carboxylic acids is 2. The number of anilines is 1. The van der Waals surface area contributed by atoms with E-state index in [1.807, 2.05) is 69.3 Å². The highest BCUT2D eigenvalue weighted by atomic mass is 32.1. The lowest BCUT2D eigenvalue weighted by atomic mass is 9.94. The summed E-state index contributed by atoms with van der Waals surface area (Å²) >= 11 is 1.30. The van der Waals surface area contributed by atoms with Crippen molar-refractivity contribution in [2.75, 3.05) is 18.1 Å². The summed E-state index contributed by atoms with van der Waals surface area (Å²) in [6, 6.07) is 17.2. The van der Waals surface area contributed by atoms with Gasteiger partial charge in [0.25, 0.3) is 5.78 Å². The van der Waals surface area contributed by atoms with Crippen LogP contribution >= 0.6 is 11.3 Å². The van der Waals surface area contributed by atoms with Gasteiger partial charge in [0.1, 0.15) is 29.1 Å². The number of nitrogens with zero attached hydrogens (tertiary/aromatic N) is 2. The minimum atomic E-state index is -0.884. The van der Waals surface area contributed by atoms with Crippen molar-refractivity contribution in [3.05, 3.63) is 82.9 Å². The van der Waals surface area contributed by atoms with Crippen LogP contribution in [0.15, 0.2) is 66.2 Å². The van der Waals surface area contributed by atoms with Gasteiger partial charge in [-0.3, -0.25) is 14.5 Å². The van der Waals surface area contributed by atoms with Crippen LogP contribution in [-0.4, -0.2) is 41.1 Å². The van der Waals surface area contributed by atoms with Gasteiger partial charge in [-0.05, 0) is 79.9 Å². The maximum absolute atomic E-state index is 13.6. The molecule has 0 aliphatic carbocycles. The van der Waals surface area contributed by atoms with E-state index in [0.717, 1.165) is 22.4 Å². The van der Waals surface area contributed by atoms with Crippen LogP contribution in [0.4, 0.5) is 5.13 Å². The number of thiazole rings is 1. The molecule has 9 heteroatoms. The van der Waals surface area contributed by atoms with Gasteiger partial charge in [0.15, 0.2) is 5.13 Å². The van der Waals surface area contributed by atoms with Crippen LogP contribution in [0.3, 0.4) is 0 Å². The van der Waals surface area contributed by atoms with Crippen LogP contribution in [0.25, 0.3) is 16.0 Å². The van der Waals surface area contributed by atoms with Crippen molar-refractivity contribution in [3.8, 4) is 17.2 Å². The Kier molecular flexibility index (Phi) is 7.13. The highest BCUT2D eigenvalue weighted by Gasteiger charge is 2.48. The van der Waals surface area contributed by atoms with E-state index in [0.29, 0.717) is 52.9 Å². The molecule has 8 nitrogen and oxygen atoms in total. The number of fused-ring (bicyclic) bond motifs is 2. The maximum atomic E-state index is 13.6. The van der Waals surface area contributed by atoms with E-state index in [2.05, 4.69) is 0 Å². The summed E-state index contributed by atoms with van der Waals surface area (Å²) in [5, 5.41) is 12.0. The third-order valence-corrected chi connectivity index (χ3v) is 8.17. The minimum Gasteiger partial charge on any atom is -0.507 e. The summed E-state index contributed by atoms with van der Waals surface area (Å²) < 4.78 is 18.0. The predicted molar refractivity (Wildman–Crippen MR) is 158 cm³/mol. The molecule has 41 heavy (non-hydrogen) atoms. The number of amides is 1. The number of aromatic nitrogens is 1. The summed E-state index contributed by atoms with van der Waals surface area (Å²) in [6.07, 6.45) is 1.60. The summed E-state index contributed by atoms with van der Waals surface area (Å²) in [7, 11) is 0. The molecule has 6 rings (SSSR count). The molecule has 2 aliphatic heterocycles. The molecule has 1 amide bonds. The first-order chi connectivity index (χ1) is 19.9. The molecule has 1 fully saturated rings. The fourth-order valence-electron chi connectivity index (χ4n) is 5.29. The van der Waals surface area contributed by atoms with E-state index in [-0.39, 0.29) is 17.4 Å². The molecule has 0 radical (unpaired) electrons. The smallest absolute Gasteiger partial charge is 0.301 e. The number of aliphatic hydroxyl groups excluding tert-OH is 1. The molecule has 210 valence electrons. The Morgan fingerprint density at radius 3 is 2.59 bits per heavy atom. The second kappa shape index (κ2) is 10.9. The van der Waals surface area contributed by atoms with Crippen molar-refractivity contribution < 1.29 is 28.9 Å². The van der Waals surface area contributed by atoms with E-state index >= 15 is 0 Å². The van der Waals surface area contributed by atoms with Crippen molar-refractivity contribution in [1.82, 2.24) is 4.98 Å². The number of ether oxygens (including phenoxy) is 3. The highest BCUT2D eigenvalue weighted by molar-refractivity contribution is 7.22. The fraction of sp³-hybridized carbons (Fsp3) is 0.281. The highest BCUT2D eigenvalue weighted by Crippen LogP contribution is 2.45. The fourth-order valence-corrected chi connectivity index (χ4v) is 6.31. The molecule has 1 aromatic heterocycles. The maximum Gasteiger partial charge on any atom is 0.301 e. The molecule has 1 saturated heterocycles. The van der Waals surface area contributed by atoms with Gasteiger partial charge in [-0.2, -0.15) is 0 Å². The van der Waals surface area contributed by atoms with E-state index in [4.69, 9.17) is 19.2 Å². The molecule has 2 unspecified atom stereocenters. The molecule has 2 aliphatic rings. The first-order valence-corrected chi connectivity index (χ1v) is 14.6. The Hall–Kier alpha value is -4.37. The van der Waals surface area contributed by atoms with E-state index in [1.165, 1.54) is 16.2 Å². The second-order valence-electron chi connectivity index (χ2n) is 10.1. The number of Topliss-reactive ketones (excluding diaryl/α,β-unsaturated/α-hetero) is 1. The van der Waals surface area contributed by atoms with Crippen LogP contribution in [0.1, 0.15) is 49.9 Å². The van der Waals surface area contributed by atoms with Crippen LogP contribution < -0.4 is 19.1 Å². The first kappa shape index (κ1) is 26.8. The standard InChI is InChI=1S/C32H30N2O6S/c1-4-14-39-22-9-6-19(7-10-22)28-27(29(35)20-8-13-25-21(16-20)15-18(3)40-25)30(36)31(37)34(28)32-33-24-12-11-23(38-5-2)17-26(24)41-32/h6-13,16-18,28,35H,4-5,14-15H2,1-3H3/b29-27+. The molecular formula is C32H30N2O6S. The summed E-state index contributed by atoms with van der Waals surface area (Å²) in [5.74, 6) is 0.400. The molecule has 0 saturated carbocycles. The zero-order valence-corrected chi connectivity index (χ0v) is 23.9. The van der Waals surface area contributed by atoms with Crippen molar-refractivity contribution in [3.63, 3.8) is 0 Å². The van der Waals surface area contributed by atoms with Crippen LogP contribution in [0.2, 0.25) is 0 Å². The Labute approximate surface area is 241 Å². The number of ketones is 1. The SMILES string of the molecule is CCCOc1ccc(C2/C(=C(\O)c3ccc4c(c3)CC(C)O4)C(=O)C(=O)N2c2nc3ccc(OCC)cc3s2)cc1. The van der Waals surface area contributed by atoms with Gasteiger partial charge in [0, 0.05) is 12.0 Å². The van der Waals surface area contributed by atoms with Gasteiger partial charge < -0.3 is 19.3 Å². The first-order valence-electron chi connectivity index (χ1n) is 13.7. The van der Waals surface area contributed by atoms with Gasteiger partial charge >= 0.3 is 5.91 Å². The molecule has 2 atom stereocenters. The number of carbonyl (C=O) groups is 2. The molecule has 3 heterocycles. The number of rotatable bonds is 8. The van der Waals surface area contributed by atoms with Crippen molar-refractivity contribution in [2.24, 2.45) is 0 Å². The molecule has 3 aromatic carbocycles. The predicted octanol–water partition coefficient (Wildman–Crippen LogP) is 6.43. The average molecular weight is 571 g/mol. The topological polar surface area (TPSA) is 98.2 Å². The Balaban J connectivity index is 1.48. The van der Waals surface area contributed by atoms with Gasteiger partial charge in [0.05, 0.1) is 35.0 Å². The van der Waals surface area contributed by atoms with Crippen LogP contribution in [0.5, 0.6) is 17.2 Å². The third kappa shape index (κ3) is 4.91. The van der Waals surface area contributed by atoms with E-state index < -0.39 is 17.7 Å².